The Morgan fingerprint density at radius 1 is 1.00 bits per heavy atom. The first-order chi connectivity index (χ1) is 12.3. The summed E-state index contributed by atoms with van der Waals surface area (Å²) in [7, 11) is 0. The van der Waals surface area contributed by atoms with Gasteiger partial charge in [-0.2, -0.15) is 0 Å². The van der Waals surface area contributed by atoms with E-state index in [0.29, 0.717) is 12.0 Å². The Labute approximate surface area is 172 Å². The van der Waals surface area contributed by atoms with E-state index in [1.165, 1.54) is 25.7 Å². The number of fused-ring (bicyclic) bond motifs is 1. The normalized spacial score (nSPS) is 23.3. The summed E-state index contributed by atoms with van der Waals surface area (Å²) in [5.74, 6) is 2.21. The second-order valence-corrected chi connectivity index (χ2v) is 6.90. The van der Waals surface area contributed by atoms with E-state index in [9.17, 15) is 4.79 Å². The fraction of sp³-hybridized carbons (Fsp3) is 0.400. The highest BCUT2D eigenvalue weighted by Crippen LogP contribution is 2.33. The Bertz CT molecular complexity index is 714. The molecule has 2 N–H and O–H groups in total. The van der Waals surface area contributed by atoms with Gasteiger partial charge in [0, 0.05) is 24.1 Å². The van der Waals surface area contributed by atoms with Crippen LogP contribution in [0.4, 0.5) is 5.69 Å². The third-order valence-electron chi connectivity index (χ3n) is 5.19. The number of carbonyl (C=O) groups excluding carboxylic acids is 1. The predicted molar refractivity (Wildman–Crippen MR) is 111 cm³/mol. The maximum atomic E-state index is 12.5. The fourth-order valence-corrected chi connectivity index (χ4v) is 3.90. The smallest absolute Gasteiger partial charge is 0.241 e. The van der Waals surface area contributed by atoms with Crippen molar-refractivity contribution in [3.05, 3.63) is 48.8 Å². The number of halogens is 2. The van der Waals surface area contributed by atoms with Crippen molar-refractivity contribution >= 4 is 36.4 Å². The Morgan fingerprint density at radius 3 is 2.37 bits per heavy atom. The number of hydrogen-bond acceptors (Lipinski definition) is 4. The number of anilines is 1. The average molecular weight is 410 g/mol. The van der Waals surface area contributed by atoms with Crippen LogP contribution in [-0.4, -0.2) is 23.0 Å². The van der Waals surface area contributed by atoms with E-state index in [4.69, 9.17) is 4.74 Å². The van der Waals surface area contributed by atoms with Crippen LogP contribution < -0.4 is 15.4 Å². The molecule has 1 amide bonds. The van der Waals surface area contributed by atoms with Crippen LogP contribution in [0.25, 0.3) is 0 Å². The number of nitrogens with zero attached hydrogens (tertiary/aromatic N) is 1. The van der Waals surface area contributed by atoms with Crippen molar-refractivity contribution in [1.82, 2.24) is 10.3 Å². The summed E-state index contributed by atoms with van der Waals surface area (Å²) >= 11 is 0. The first-order valence-corrected chi connectivity index (χ1v) is 9.03. The summed E-state index contributed by atoms with van der Waals surface area (Å²) in [4.78, 5) is 16.5. The molecule has 2 aliphatic rings. The molecule has 1 aliphatic carbocycles. The minimum Gasteiger partial charge on any atom is -0.457 e. The quantitative estimate of drug-likeness (QED) is 0.775. The number of nitrogens with one attached hydrogen (secondary N) is 2. The number of pyridine rings is 1. The first kappa shape index (κ1) is 21.5. The SMILES string of the molecule is Cl.Cl.O=C(Nc1ccc(Oc2ccncc2)cc1)C1CC2CCCCC2N1. The number of carbonyl (C=O) groups is 1. The molecule has 0 radical (unpaired) electrons. The Balaban J connectivity index is 0.00000131. The van der Waals surface area contributed by atoms with E-state index in [1.54, 1.807) is 24.5 Å². The molecule has 2 heterocycles. The molecule has 5 nitrogen and oxygen atoms in total. The van der Waals surface area contributed by atoms with Crippen LogP contribution in [0.15, 0.2) is 48.8 Å². The van der Waals surface area contributed by atoms with E-state index in [-0.39, 0.29) is 36.8 Å². The fourth-order valence-electron chi connectivity index (χ4n) is 3.90. The molecule has 146 valence electrons. The Kier molecular flexibility index (Phi) is 7.90. The van der Waals surface area contributed by atoms with E-state index >= 15 is 0 Å². The van der Waals surface area contributed by atoms with Crippen molar-refractivity contribution in [2.24, 2.45) is 5.92 Å². The van der Waals surface area contributed by atoms with Crippen LogP contribution in [-0.2, 0) is 4.79 Å². The van der Waals surface area contributed by atoms with Gasteiger partial charge in [-0.25, -0.2) is 0 Å². The van der Waals surface area contributed by atoms with Gasteiger partial charge in [0.25, 0.3) is 0 Å². The maximum absolute atomic E-state index is 12.5. The van der Waals surface area contributed by atoms with Crippen LogP contribution >= 0.6 is 24.8 Å². The van der Waals surface area contributed by atoms with Gasteiger partial charge in [-0.3, -0.25) is 9.78 Å². The monoisotopic (exact) mass is 409 g/mol. The second-order valence-electron chi connectivity index (χ2n) is 6.90. The summed E-state index contributed by atoms with van der Waals surface area (Å²) in [6.45, 7) is 0. The molecule has 0 spiro atoms. The number of benzene rings is 1. The molecule has 3 unspecified atom stereocenters. The van der Waals surface area contributed by atoms with Gasteiger partial charge in [0.15, 0.2) is 0 Å². The highest BCUT2D eigenvalue weighted by atomic mass is 35.5. The van der Waals surface area contributed by atoms with E-state index in [0.717, 1.165) is 23.6 Å². The lowest BCUT2D eigenvalue weighted by Crippen LogP contribution is -2.39. The largest absolute Gasteiger partial charge is 0.457 e. The molecular formula is C20H25Cl2N3O2. The third kappa shape index (κ3) is 5.34. The zero-order chi connectivity index (χ0) is 17.1. The zero-order valence-corrected chi connectivity index (χ0v) is 16.6. The van der Waals surface area contributed by atoms with Crippen LogP contribution in [0, 0.1) is 5.92 Å². The molecule has 1 saturated heterocycles. The summed E-state index contributed by atoms with van der Waals surface area (Å²) in [5, 5.41) is 6.53. The Morgan fingerprint density at radius 2 is 1.67 bits per heavy atom. The molecular weight excluding hydrogens is 385 g/mol. The highest BCUT2D eigenvalue weighted by Gasteiger charge is 2.38. The predicted octanol–water partition coefficient (Wildman–Crippen LogP) is 4.58. The molecule has 27 heavy (non-hydrogen) atoms. The van der Waals surface area contributed by atoms with Crippen molar-refractivity contribution in [1.29, 1.82) is 0 Å². The highest BCUT2D eigenvalue weighted by molar-refractivity contribution is 5.95. The van der Waals surface area contributed by atoms with E-state index < -0.39 is 0 Å². The van der Waals surface area contributed by atoms with Crippen LogP contribution in [0.1, 0.15) is 32.1 Å². The number of amides is 1. The average Bonchev–Trinajstić information content (AvgIpc) is 3.09. The molecule has 3 atom stereocenters. The molecule has 4 rings (SSSR count). The molecule has 0 bridgehead atoms. The van der Waals surface area contributed by atoms with Gasteiger partial charge in [0.2, 0.25) is 5.91 Å². The van der Waals surface area contributed by atoms with Crippen molar-refractivity contribution in [2.75, 3.05) is 5.32 Å². The molecule has 1 aromatic carbocycles. The van der Waals surface area contributed by atoms with Crippen LogP contribution in [0.5, 0.6) is 11.5 Å². The molecule has 2 fully saturated rings. The van der Waals surface area contributed by atoms with Crippen molar-refractivity contribution in [3.8, 4) is 11.5 Å². The minimum atomic E-state index is -0.0687. The molecule has 1 saturated carbocycles. The second kappa shape index (κ2) is 9.93. The zero-order valence-electron chi connectivity index (χ0n) is 15.0. The Hall–Kier alpha value is -1.82. The molecule has 2 aromatic rings. The van der Waals surface area contributed by atoms with Crippen LogP contribution in [0.2, 0.25) is 0 Å². The van der Waals surface area contributed by atoms with Gasteiger partial charge >= 0.3 is 0 Å². The minimum absolute atomic E-state index is 0. The van der Waals surface area contributed by atoms with E-state index in [2.05, 4.69) is 15.6 Å². The number of ether oxygens (including phenoxy) is 1. The standard InChI is InChI=1S/C20H23N3O2.2ClH/c24-20(19-13-14-3-1-2-4-18(14)23-19)22-15-5-7-16(8-6-15)25-17-9-11-21-12-10-17;;/h5-12,14,18-19,23H,1-4,13H2,(H,22,24);2*1H. The summed E-state index contributed by atoms with van der Waals surface area (Å²) in [5.41, 5.74) is 0.795. The summed E-state index contributed by atoms with van der Waals surface area (Å²) in [6.07, 6.45) is 9.38. The van der Waals surface area contributed by atoms with E-state index in [1.807, 2.05) is 24.3 Å². The maximum Gasteiger partial charge on any atom is 0.241 e. The lowest BCUT2D eigenvalue weighted by molar-refractivity contribution is -0.117. The lowest BCUT2D eigenvalue weighted by atomic mass is 9.85. The van der Waals surface area contributed by atoms with Crippen LogP contribution in [0.3, 0.4) is 0 Å². The van der Waals surface area contributed by atoms with Gasteiger partial charge in [-0.05, 0) is 61.6 Å². The summed E-state index contributed by atoms with van der Waals surface area (Å²) in [6, 6.07) is 11.5. The van der Waals surface area contributed by atoms with Gasteiger partial charge in [0.1, 0.15) is 11.5 Å². The third-order valence-corrected chi connectivity index (χ3v) is 5.19. The van der Waals surface area contributed by atoms with Crippen molar-refractivity contribution in [2.45, 2.75) is 44.2 Å². The molecule has 1 aliphatic heterocycles. The molecule has 1 aromatic heterocycles. The number of rotatable bonds is 4. The van der Waals surface area contributed by atoms with Gasteiger partial charge in [-0.1, -0.05) is 12.8 Å². The van der Waals surface area contributed by atoms with Crippen molar-refractivity contribution < 1.29 is 9.53 Å². The number of hydrogen-bond donors (Lipinski definition) is 2. The lowest BCUT2D eigenvalue weighted by Gasteiger charge is -2.24. The van der Waals surface area contributed by atoms with Gasteiger partial charge in [0.05, 0.1) is 6.04 Å². The topological polar surface area (TPSA) is 63.2 Å². The van der Waals surface area contributed by atoms with Gasteiger partial charge < -0.3 is 15.4 Å². The number of aromatic nitrogens is 1. The molecule has 7 heteroatoms. The summed E-state index contributed by atoms with van der Waals surface area (Å²) < 4.78 is 5.74. The first-order valence-electron chi connectivity index (χ1n) is 9.03. The van der Waals surface area contributed by atoms with Crippen molar-refractivity contribution in [3.63, 3.8) is 0 Å². The van der Waals surface area contributed by atoms with Gasteiger partial charge in [-0.15, -0.1) is 24.8 Å².